The molecule has 1 amide bonds. The van der Waals surface area contributed by atoms with Crippen LogP contribution in [0.2, 0.25) is 0 Å². The highest BCUT2D eigenvalue weighted by molar-refractivity contribution is 5.96. The Morgan fingerprint density at radius 3 is 2.50 bits per heavy atom. The van der Waals surface area contributed by atoms with Gasteiger partial charge in [0, 0.05) is 6.04 Å². The van der Waals surface area contributed by atoms with Crippen LogP contribution in [0.1, 0.15) is 25.8 Å². The molecule has 1 aliphatic rings. The third kappa shape index (κ3) is 2.11. The van der Waals surface area contributed by atoms with Crippen molar-refractivity contribution in [2.24, 2.45) is 5.73 Å². The number of carbonyl (C=O) groups is 1. The monoisotopic (exact) mass is 321 g/mol. The highest BCUT2D eigenvalue weighted by Gasteiger charge is 2.53. The second kappa shape index (κ2) is 5.22. The standard InChI is InChI=1S/C13H12F5N3O/c1-3-5(2)21-10(16)8(11(19)22)13(17,18)7-9(15)6(14)4-20-12(7)21/h4-5H,3H2,1-2H3,(H2,19,22). The fraction of sp³-hybridized carbons (Fsp3) is 0.385. The molecule has 1 aliphatic heterocycles. The van der Waals surface area contributed by atoms with Crippen LogP contribution < -0.4 is 10.6 Å². The first-order valence-corrected chi connectivity index (χ1v) is 6.36. The molecule has 1 unspecified atom stereocenters. The fourth-order valence-corrected chi connectivity index (χ4v) is 2.23. The van der Waals surface area contributed by atoms with Gasteiger partial charge in [-0.15, -0.1) is 0 Å². The Hall–Kier alpha value is -2.19. The van der Waals surface area contributed by atoms with E-state index in [9.17, 15) is 26.7 Å². The molecule has 0 bridgehead atoms. The summed E-state index contributed by atoms with van der Waals surface area (Å²) in [5.74, 6) is -12.1. The number of primary amides is 1. The number of nitrogens with zero attached hydrogens (tertiary/aromatic N) is 2. The second-order valence-electron chi connectivity index (χ2n) is 4.85. The Bertz CT molecular complexity index is 674. The van der Waals surface area contributed by atoms with Crippen LogP contribution in [-0.4, -0.2) is 16.9 Å². The van der Waals surface area contributed by atoms with E-state index in [0.717, 1.165) is 0 Å². The van der Waals surface area contributed by atoms with Crippen LogP contribution in [0.5, 0.6) is 0 Å². The second-order valence-corrected chi connectivity index (χ2v) is 4.85. The largest absolute Gasteiger partial charge is 0.366 e. The van der Waals surface area contributed by atoms with E-state index in [1.807, 2.05) is 0 Å². The first-order valence-electron chi connectivity index (χ1n) is 6.36. The van der Waals surface area contributed by atoms with E-state index in [-0.39, 0.29) is 6.42 Å². The smallest absolute Gasteiger partial charge is 0.314 e. The van der Waals surface area contributed by atoms with E-state index < -0.39 is 52.4 Å². The third-order valence-electron chi connectivity index (χ3n) is 3.50. The van der Waals surface area contributed by atoms with E-state index in [1.54, 1.807) is 6.92 Å². The number of hydrogen-bond donors (Lipinski definition) is 1. The number of rotatable bonds is 3. The highest BCUT2D eigenvalue weighted by atomic mass is 19.3. The zero-order valence-electron chi connectivity index (χ0n) is 11.6. The van der Waals surface area contributed by atoms with Crippen LogP contribution in [0.15, 0.2) is 17.7 Å². The Labute approximate surface area is 122 Å². The maximum Gasteiger partial charge on any atom is 0.314 e. The van der Waals surface area contributed by atoms with Crippen LogP contribution in [0.4, 0.5) is 27.8 Å². The number of anilines is 1. The van der Waals surface area contributed by atoms with Crippen molar-refractivity contribution in [3.05, 3.63) is 34.9 Å². The molecule has 0 saturated heterocycles. The molecule has 4 nitrogen and oxygen atoms in total. The molecule has 0 aliphatic carbocycles. The number of nitrogens with two attached hydrogens (primary N) is 1. The normalized spacial score (nSPS) is 18.2. The summed E-state index contributed by atoms with van der Waals surface area (Å²) >= 11 is 0. The van der Waals surface area contributed by atoms with Gasteiger partial charge in [-0.3, -0.25) is 9.69 Å². The maximum atomic E-state index is 14.4. The van der Waals surface area contributed by atoms with Gasteiger partial charge in [0.1, 0.15) is 17.0 Å². The van der Waals surface area contributed by atoms with E-state index in [0.29, 0.717) is 11.1 Å². The zero-order chi connectivity index (χ0) is 16.8. The van der Waals surface area contributed by atoms with Gasteiger partial charge in [0.05, 0.1) is 6.20 Å². The van der Waals surface area contributed by atoms with Crippen LogP contribution in [-0.2, 0) is 10.7 Å². The number of pyridine rings is 1. The average molecular weight is 321 g/mol. The van der Waals surface area contributed by atoms with E-state index >= 15 is 0 Å². The maximum absolute atomic E-state index is 14.4. The Kier molecular flexibility index (Phi) is 3.84. The Morgan fingerprint density at radius 2 is 2.00 bits per heavy atom. The van der Waals surface area contributed by atoms with Crippen molar-refractivity contribution >= 4 is 11.7 Å². The summed E-state index contributed by atoms with van der Waals surface area (Å²) in [7, 11) is 0. The molecular formula is C13H12F5N3O. The van der Waals surface area contributed by atoms with Crippen molar-refractivity contribution in [3.63, 3.8) is 0 Å². The van der Waals surface area contributed by atoms with E-state index in [4.69, 9.17) is 5.73 Å². The molecule has 0 saturated carbocycles. The fourth-order valence-electron chi connectivity index (χ4n) is 2.23. The molecule has 1 aromatic rings. The molecule has 2 N–H and O–H groups in total. The molecule has 1 atom stereocenters. The summed E-state index contributed by atoms with van der Waals surface area (Å²) in [5.41, 5.74) is 1.59. The van der Waals surface area contributed by atoms with Crippen molar-refractivity contribution in [2.45, 2.75) is 32.2 Å². The summed E-state index contributed by atoms with van der Waals surface area (Å²) in [6, 6.07) is -0.735. The van der Waals surface area contributed by atoms with Gasteiger partial charge < -0.3 is 5.73 Å². The summed E-state index contributed by atoms with van der Waals surface area (Å²) in [4.78, 5) is 15.2. The number of carbonyl (C=O) groups excluding carboxylic acids is 1. The molecule has 0 radical (unpaired) electrons. The molecule has 2 heterocycles. The first-order chi connectivity index (χ1) is 10.1. The highest BCUT2D eigenvalue weighted by Crippen LogP contribution is 2.49. The van der Waals surface area contributed by atoms with Crippen molar-refractivity contribution in [1.82, 2.24) is 4.98 Å². The molecule has 120 valence electrons. The lowest BCUT2D eigenvalue weighted by Crippen LogP contribution is -2.43. The molecule has 0 spiro atoms. The minimum atomic E-state index is -4.42. The molecule has 0 fully saturated rings. The Balaban J connectivity index is 2.87. The quantitative estimate of drug-likeness (QED) is 0.688. The number of aromatic nitrogens is 1. The molecular weight excluding hydrogens is 309 g/mol. The number of alkyl halides is 2. The van der Waals surface area contributed by atoms with Crippen molar-refractivity contribution in [2.75, 3.05) is 4.90 Å². The molecule has 0 aromatic carbocycles. The van der Waals surface area contributed by atoms with Crippen LogP contribution >= 0.6 is 0 Å². The lowest BCUT2D eigenvalue weighted by atomic mass is 9.95. The number of fused-ring (bicyclic) bond motifs is 1. The van der Waals surface area contributed by atoms with E-state index in [2.05, 4.69) is 4.98 Å². The van der Waals surface area contributed by atoms with Crippen LogP contribution in [0, 0.1) is 11.6 Å². The third-order valence-corrected chi connectivity index (χ3v) is 3.50. The SMILES string of the molecule is CCC(C)N1C(F)=C(C(N)=O)C(F)(F)c2c1ncc(F)c2F. The number of halogens is 5. The lowest BCUT2D eigenvalue weighted by Gasteiger charge is -2.36. The number of amides is 1. The first kappa shape index (κ1) is 16.2. The van der Waals surface area contributed by atoms with Gasteiger partial charge in [0.2, 0.25) is 5.95 Å². The van der Waals surface area contributed by atoms with Crippen molar-refractivity contribution in [3.8, 4) is 0 Å². The molecule has 1 aromatic heterocycles. The summed E-state index contributed by atoms with van der Waals surface area (Å²) in [5, 5.41) is 0. The number of hydrogen-bond acceptors (Lipinski definition) is 3. The summed E-state index contributed by atoms with van der Waals surface area (Å²) < 4.78 is 70.1. The van der Waals surface area contributed by atoms with Gasteiger partial charge in [0.15, 0.2) is 11.6 Å². The van der Waals surface area contributed by atoms with Crippen molar-refractivity contribution < 1.29 is 26.7 Å². The van der Waals surface area contributed by atoms with Crippen molar-refractivity contribution in [1.29, 1.82) is 0 Å². The lowest BCUT2D eigenvalue weighted by molar-refractivity contribution is -0.118. The molecule has 9 heteroatoms. The zero-order valence-corrected chi connectivity index (χ0v) is 11.6. The summed E-state index contributed by atoms with van der Waals surface area (Å²) in [6.45, 7) is 3.07. The van der Waals surface area contributed by atoms with Gasteiger partial charge in [0.25, 0.3) is 5.91 Å². The molecule has 22 heavy (non-hydrogen) atoms. The van der Waals surface area contributed by atoms with Gasteiger partial charge in [-0.05, 0) is 13.3 Å². The van der Waals surface area contributed by atoms with Gasteiger partial charge in [-0.25, -0.2) is 13.8 Å². The molecule has 2 rings (SSSR count). The minimum Gasteiger partial charge on any atom is -0.366 e. The topological polar surface area (TPSA) is 59.2 Å². The van der Waals surface area contributed by atoms with Crippen LogP contribution in [0.3, 0.4) is 0 Å². The predicted molar refractivity (Wildman–Crippen MR) is 67.6 cm³/mol. The van der Waals surface area contributed by atoms with E-state index in [1.165, 1.54) is 6.92 Å². The summed E-state index contributed by atoms with van der Waals surface area (Å²) in [6.07, 6.45) is 0.646. The minimum absolute atomic E-state index is 0.269. The van der Waals surface area contributed by atoms with Gasteiger partial charge in [-0.1, -0.05) is 6.92 Å². The van der Waals surface area contributed by atoms with Gasteiger partial charge >= 0.3 is 5.92 Å². The predicted octanol–water partition coefficient (Wildman–Crippen LogP) is 2.74. The van der Waals surface area contributed by atoms with Crippen LogP contribution in [0.25, 0.3) is 0 Å². The Morgan fingerprint density at radius 1 is 1.41 bits per heavy atom. The average Bonchev–Trinajstić information content (AvgIpc) is 2.40. The van der Waals surface area contributed by atoms with Gasteiger partial charge in [-0.2, -0.15) is 13.2 Å².